The third-order valence-electron chi connectivity index (χ3n) is 3.16. The summed E-state index contributed by atoms with van der Waals surface area (Å²) in [5.74, 6) is -0.648. The lowest BCUT2D eigenvalue weighted by Crippen LogP contribution is -2.17. The van der Waals surface area contributed by atoms with Crippen LogP contribution < -0.4 is 11.1 Å². The summed E-state index contributed by atoms with van der Waals surface area (Å²) in [5, 5.41) is 14.5. The minimum atomic E-state index is -1.01. The molecular formula is C15H18N2O2S. The molecule has 4 nitrogen and oxygen atoms in total. The topological polar surface area (TPSA) is 75.3 Å². The molecule has 1 aromatic heterocycles. The fourth-order valence-corrected chi connectivity index (χ4v) is 3.03. The van der Waals surface area contributed by atoms with Gasteiger partial charge in [0.15, 0.2) is 0 Å². The van der Waals surface area contributed by atoms with Gasteiger partial charge >= 0.3 is 5.97 Å². The van der Waals surface area contributed by atoms with Crippen molar-refractivity contribution in [1.82, 2.24) is 0 Å². The minimum Gasteiger partial charge on any atom is -0.478 e. The molecule has 1 atom stereocenters. The number of nitrogens with two attached hydrogens (primary N) is 1. The smallest absolute Gasteiger partial charge is 0.337 e. The van der Waals surface area contributed by atoms with E-state index < -0.39 is 5.97 Å². The third-order valence-corrected chi connectivity index (χ3v) is 4.12. The molecule has 0 aliphatic rings. The Morgan fingerprint density at radius 1 is 1.30 bits per heavy atom. The maximum absolute atomic E-state index is 11.1. The highest BCUT2D eigenvalue weighted by atomic mass is 32.1. The van der Waals surface area contributed by atoms with Gasteiger partial charge in [-0.3, -0.25) is 0 Å². The van der Waals surface area contributed by atoms with Gasteiger partial charge in [-0.2, -0.15) is 0 Å². The van der Waals surface area contributed by atoms with Crippen LogP contribution >= 0.6 is 11.3 Å². The van der Waals surface area contributed by atoms with Crippen molar-refractivity contribution in [1.29, 1.82) is 0 Å². The summed E-state index contributed by atoms with van der Waals surface area (Å²) in [6.07, 6.45) is 0. The molecule has 0 saturated heterocycles. The maximum atomic E-state index is 11.1. The number of carbonyl (C=O) groups is 1. The molecule has 106 valence electrons. The standard InChI is InChI=1S/C15H18N2O2S/c1-9(2)14(12-7-4-8-20-12)17-11-6-3-5-10(13(11)16)15(18)19/h3-9,14,17H,16H2,1-2H3,(H,18,19). The number of carboxylic acid groups (broad SMARTS) is 1. The number of nitrogens with one attached hydrogen (secondary N) is 1. The Kier molecular flexibility index (Phi) is 4.29. The van der Waals surface area contributed by atoms with Crippen LogP contribution in [-0.4, -0.2) is 11.1 Å². The fourth-order valence-electron chi connectivity index (χ4n) is 2.08. The lowest BCUT2D eigenvalue weighted by atomic mass is 10.0. The molecule has 0 fully saturated rings. The average molecular weight is 290 g/mol. The van der Waals surface area contributed by atoms with E-state index in [0.717, 1.165) is 0 Å². The number of carboxylic acids is 1. The highest BCUT2D eigenvalue weighted by Gasteiger charge is 2.19. The number of hydrogen-bond acceptors (Lipinski definition) is 4. The number of thiophene rings is 1. The molecule has 20 heavy (non-hydrogen) atoms. The number of hydrogen-bond donors (Lipinski definition) is 3. The summed E-state index contributed by atoms with van der Waals surface area (Å²) in [6, 6.07) is 9.21. The number of rotatable bonds is 5. The maximum Gasteiger partial charge on any atom is 0.337 e. The summed E-state index contributed by atoms with van der Waals surface area (Å²) in [7, 11) is 0. The van der Waals surface area contributed by atoms with Crippen LogP contribution in [0.1, 0.15) is 35.1 Å². The van der Waals surface area contributed by atoms with Crippen LogP contribution in [0.15, 0.2) is 35.7 Å². The molecule has 0 aliphatic heterocycles. The molecule has 1 aromatic carbocycles. The monoisotopic (exact) mass is 290 g/mol. The molecule has 0 spiro atoms. The van der Waals surface area contributed by atoms with Crippen molar-refractivity contribution in [2.45, 2.75) is 19.9 Å². The summed E-state index contributed by atoms with van der Waals surface area (Å²) in [4.78, 5) is 12.3. The minimum absolute atomic E-state index is 0.112. The number of para-hydroxylation sites is 1. The van der Waals surface area contributed by atoms with Gasteiger partial charge in [0.25, 0.3) is 0 Å². The molecule has 0 aliphatic carbocycles. The summed E-state index contributed by atoms with van der Waals surface area (Å²) in [6.45, 7) is 4.24. The van der Waals surface area contributed by atoms with Crippen LogP contribution in [0.3, 0.4) is 0 Å². The van der Waals surface area contributed by atoms with Crippen LogP contribution in [0, 0.1) is 5.92 Å². The van der Waals surface area contributed by atoms with E-state index in [1.165, 1.54) is 10.9 Å². The average Bonchev–Trinajstić information content (AvgIpc) is 2.90. The van der Waals surface area contributed by atoms with E-state index in [1.54, 1.807) is 17.4 Å². The van der Waals surface area contributed by atoms with E-state index in [1.807, 2.05) is 17.5 Å². The number of anilines is 2. The van der Waals surface area contributed by atoms with Gasteiger partial charge in [0.05, 0.1) is 23.0 Å². The van der Waals surface area contributed by atoms with E-state index in [4.69, 9.17) is 10.8 Å². The van der Waals surface area contributed by atoms with Gasteiger partial charge in [0.2, 0.25) is 0 Å². The normalized spacial score (nSPS) is 12.3. The molecular weight excluding hydrogens is 272 g/mol. The third kappa shape index (κ3) is 2.93. The molecule has 0 amide bonds. The van der Waals surface area contributed by atoms with E-state index >= 15 is 0 Å². The van der Waals surface area contributed by atoms with Gasteiger partial charge < -0.3 is 16.2 Å². The molecule has 0 radical (unpaired) electrons. The molecule has 1 heterocycles. The first-order valence-corrected chi connectivity index (χ1v) is 7.30. The second-order valence-electron chi connectivity index (χ2n) is 4.95. The Labute approximate surface area is 122 Å². The summed E-state index contributed by atoms with van der Waals surface area (Å²) in [5.41, 5.74) is 7.02. The Balaban J connectivity index is 2.32. The molecule has 2 aromatic rings. The van der Waals surface area contributed by atoms with Crippen molar-refractivity contribution in [2.75, 3.05) is 11.1 Å². The number of nitrogen functional groups attached to an aromatic ring is 1. The number of benzene rings is 1. The van der Waals surface area contributed by atoms with Gasteiger partial charge in [0, 0.05) is 4.88 Å². The van der Waals surface area contributed by atoms with Crippen LogP contribution in [0.5, 0.6) is 0 Å². The predicted molar refractivity (Wildman–Crippen MR) is 83.3 cm³/mol. The van der Waals surface area contributed by atoms with E-state index in [9.17, 15) is 4.79 Å². The van der Waals surface area contributed by atoms with E-state index in [0.29, 0.717) is 11.6 Å². The van der Waals surface area contributed by atoms with Crippen molar-refractivity contribution < 1.29 is 9.90 Å². The zero-order valence-electron chi connectivity index (χ0n) is 11.5. The number of aromatic carboxylic acids is 1. The highest BCUT2D eigenvalue weighted by molar-refractivity contribution is 7.10. The van der Waals surface area contributed by atoms with Crippen LogP contribution in [0.2, 0.25) is 0 Å². The van der Waals surface area contributed by atoms with Crippen molar-refractivity contribution in [2.24, 2.45) is 5.92 Å². The molecule has 0 bridgehead atoms. The molecule has 0 saturated carbocycles. The first-order chi connectivity index (χ1) is 9.50. The summed E-state index contributed by atoms with van der Waals surface area (Å²) >= 11 is 1.68. The highest BCUT2D eigenvalue weighted by Crippen LogP contribution is 2.32. The van der Waals surface area contributed by atoms with Crippen molar-refractivity contribution in [3.05, 3.63) is 46.2 Å². The van der Waals surface area contributed by atoms with Crippen molar-refractivity contribution >= 4 is 28.7 Å². The Bertz CT molecular complexity index is 594. The molecule has 4 N–H and O–H groups in total. The lowest BCUT2D eigenvalue weighted by Gasteiger charge is -2.23. The van der Waals surface area contributed by atoms with Crippen molar-refractivity contribution in [3.8, 4) is 0 Å². The van der Waals surface area contributed by atoms with Crippen LogP contribution in [0.25, 0.3) is 0 Å². The van der Waals surface area contributed by atoms with E-state index in [2.05, 4.69) is 25.2 Å². The predicted octanol–water partition coefficient (Wildman–Crippen LogP) is 3.84. The molecule has 1 unspecified atom stereocenters. The Hall–Kier alpha value is -2.01. The first-order valence-electron chi connectivity index (χ1n) is 6.42. The van der Waals surface area contributed by atoms with Gasteiger partial charge in [-0.25, -0.2) is 4.79 Å². The second kappa shape index (κ2) is 5.96. The Morgan fingerprint density at radius 3 is 2.60 bits per heavy atom. The second-order valence-corrected chi connectivity index (χ2v) is 5.93. The quantitative estimate of drug-likeness (QED) is 0.731. The lowest BCUT2D eigenvalue weighted by molar-refractivity contribution is 0.0698. The zero-order chi connectivity index (χ0) is 14.7. The fraction of sp³-hybridized carbons (Fsp3) is 0.267. The molecule has 2 rings (SSSR count). The van der Waals surface area contributed by atoms with Gasteiger partial charge in [-0.1, -0.05) is 26.0 Å². The molecule has 5 heteroatoms. The SMILES string of the molecule is CC(C)C(Nc1cccc(C(=O)O)c1N)c1cccs1. The van der Waals surface area contributed by atoms with Crippen LogP contribution in [-0.2, 0) is 0 Å². The first kappa shape index (κ1) is 14.4. The van der Waals surface area contributed by atoms with E-state index in [-0.39, 0.29) is 17.3 Å². The van der Waals surface area contributed by atoms with Gasteiger partial charge in [0.1, 0.15) is 0 Å². The zero-order valence-corrected chi connectivity index (χ0v) is 12.3. The van der Waals surface area contributed by atoms with Crippen LogP contribution in [0.4, 0.5) is 11.4 Å². The van der Waals surface area contributed by atoms with Gasteiger partial charge in [-0.15, -0.1) is 11.3 Å². The summed E-state index contributed by atoms with van der Waals surface area (Å²) < 4.78 is 0. The van der Waals surface area contributed by atoms with Gasteiger partial charge in [-0.05, 0) is 29.5 Å². The van der Waals surface area contributed by atoms with Crippen molar-refractivity contribution in [3.63, 3.8) is 0 Å². The largest absolute Gasteiger partial charge is 0.478 e. The Morgan fingerprint density at radius 2 is 2.05 bits per heavy atom.